The van der Waals surface area contributed by atoms with E-state index in [-0.39, 0.29) is 18.7 Å². The largest absolute Gasteiger partial charge is 0.394 e. The zero-order valence-corrected chi connectivity index (χ0v) is 26.4. The predicted octanol–water partition coefficient (Wildman–Crippen LogP) is 5.66. The second kappa shape index (κ2) is 13.7. The molecule has 236 valence electrons. The summed E-state index contributed by atoms with van der Waals surface area (Å²) in [7, 11) is -3.94. The van der Waals surface area contributed by atoms with Gasteiger partial charge in [-0.2, -0.15) is 0 Å². The number of morpholine rings is 1. The van der Waals surface area contributed by atoms with E-state index in [0.717, 1.165) is 4.31 Å². The van der Waals surface area contributed by atoms with Crippen LogP contribution in [0.5, 0.6) is 0 Å². The second-order valence-corrected chi connectivity index (χ2v) is 14.2. The Morgan fingerprint density at radius 1 is 1.02 bits per heavy atom. The molecule has 5 atom stereocenters. The molecule has 3 aromatic carbocycles. The molecular weight excluding hydrogens is 630 g/mol. The van der Waals surface area contributed by atoms with Crippen LogP contribution in [0.4, 0.5) is 10.1 Å². The third kappa shape index (κ3) is 6.90. The summed E-state index contributed by atoms with van der Waals surface area (Å²) in [6.07, 6.45) is -2.11. The van der Waals surface area contributed by atoms with E-state index in [9.17, 15) is 23.4 Å². The van der Waals surface area contributed by atoms with Crippen molar-refractivity contribution in [3.63, 3.8) is 0 Å². The van der Waals surface area contributed by atoms with E-state index in [1.807, 2.05) is 13.0 Å². The van der Waals surface area contributed by atoms with Crippen molar-refractivity contribution in [1.29, 1.82) is 0 Å². The molecule has 1 saturated carbocycles. The maximum atomic E-state index is 15.2. The van der Waals surface area contributed by atoms with Crippen LogP contribution in [0.25, 0.3) is 0 Å². The Morgan fingerprint density at radius 2 is 1.73 bits per heavy atom. The number of aliphatic hydroxyl groups excluding tert-OH is 2. The molecule has 2 aliphatic rings. The smallest absolute Gasteiger partial charge is 0.252 e. The molecule has 1 saturated heterocycles. The summed E-state index contributed by atoms with van der Waals surface area (Å²) in [5.41, 5.74) is 1.25. The van der Waals surface area contributed by atoms with Crippen LogP contribution in [0.15, 0.2) is 72.8 Å². The average Bonchev–Trinajstić information content (AvgIpc) is 3.86. The number of anilines is 1. The van der Waals surface area contributed by atoms with Gasteiger partial charge in [-0.15, -0.1) is 0 Å². The Hall–Kier alpha value is -2.73. The Balaban J connectivity index is 1.65. The van der Waals surface area contributed by atoms with E-state index in [4.69, 9.17) is 27.9 Å². The van der Waals surface area contributed by atoms with E-state index in [1.165, 1.54) is 18.2 Å². The van der Waals surface area contributed by atoms with Crippen molar-refractivity contribution in [1.82, 2.24) is 4.90 Å². The number of carbonyl (C=O) groups excluding carboxylic acids is 1. The van der Waals surface area contributed by atoms with Gasteiger partial charge in [-0.3, -0.25) is 9.10 Å². The maximum absolute atomic E-state index is 15.2. The number of carbonyl (C=O) groups is 1. The molecule has 0 aromatic heterocycles. The quantitative estimate of drug-likeness (QED) is 0.259. The monoisotopic (exact) mass is 664 g/mol. The number of ether oxygens (including phenoxy) is 1. The molecule has 1 aliphatic carbocycles. The van der Waals surface area contributed by atoms with Crippen molar-refractivity contribution < 1.29 is 32.6 Å². The molecular formula is C32H35Cl2FN2O6S. The van der Waals surface area contributed by atoms with Gasteiger partial charge in [-0.05, 0) is 66.8 Å². The zero-order valence-electron chi connectivity index (χ0n) is 24.1. The maximum Gasteiger partial charge on any atom is 0.252 e. The van der Waals surface area contributed by atoms with Crippen molar-refractivity contribution in [2.24, 2.45) is 0 Å². The van der Waals surface area contributed by atoms with Crippen LogP contribution in [0, 0.1) is 5.82 Å². The minimum atomic E-state index is -3.94. The Kier molecular flexibility index (Phi) is 10.2. The van der Waals surface area contributed by atoms with Crippen LogP contribution in [-0.4, -0.2) is 66.1 Å². The molecule has 0 spiro atoms. The first kappa shape index (κ1) is 32.7. The highest BCUT2D eigenvalue weighted by Gasteiger charge is 2.49. The molecule has 5 rings (SSSR count). The number of benzene rings is 3. The molecule has 0 radical (unpaired) electrons. The SMILES string of the molecule is CCC(CN(c1ccccc1F)S(=O)(=O)C1CC1)N1C(=O)[C@H](C[C@@H](O)CO)O[C@H](c2cccc(Cl)c2)[C@H]1c1ccc(Cl)cc1. The molecule has 12 heteroatoms. The predicted molar refractivity (Wildman–Crippen MR) is 168 cm³/mol. The molecule has 0 bridgehead atoms. The molecule has 44 heavy (non-hydrogen) atoms. The standard InChI is InChI=1S/C32H35Cl2FN2O6S/c1-2-24(18-36(44(41,42)26-14-15-26)28-9-4-3-8-27(28)35)37-30(20-10-12-22(33)13-11-20)31(21-6-5-7-23(34)16-21)43-29(32(37)40)17-25(39)19-38/h3-13,16,24-26,29-31,38-39H,2,14-15,17-19H2,1H3/t24?,25-,29+,30-,31-/m1/s1. The van der Waals surface area contributed by atoms with Gasteiger partial charge < -0.3 is 19.8 Å². The van der Waals surface area contributed by atoms with E-state index in [0.29, 0.717) is 40.4 Å². The third-order valence-electron chi connectivity index (χ3n) is 8.13. The van der Waals surface area contributed by atoms with E-state index < -0.39 is 64.0 Å². The van der Waals surface area contributed by atoms with Crippen LogP contribution in [0.2, 0.25) is 10.0 Å². The van der Waals surface area contributed by atoms with E-state index in [1.54, 1.807) is 53.4 Å². The number of aliphatic hydroxyl groups is 2. The number of halogens is 3. The van der Waals surface area contributed by atoms with E-state index in [2.05, 4.69) is 0 Å². The van der Waals surface area contributed by atoms with Crippen molar-refractivity contribution in [2.75, 3.05) is 17.5 Å². The average molecular weight is 666 g/mol. The van der Waals surface area contributed by atoms with Gasteiger partial charge in [-0.25, -0.2) is 12.8 Å². The Morgan fingerprint density at radius 3 is 2.34 bits per heavy atom. The van der Waals surface area contributed by atoms with Crippen molar-refractivity contribution >= 4 is 44.8 Å². The lowest BCUT2D eigenvalue weighted by atomic mass is 9.89. The lowest BCUT2D eigenvalue weighted by Crippen LogP contribution is -2.58. The van der Waals surface area contributed by atoms with Gasteiger partial charge in [0.1, 0.15) is 18.0 Å². The first-order chi connectivity index (χ1) is 21.0. The summed E-state index contributed by atoms with van der Waals surface area (Å²) in [6, 6.07) is 18.2. The Bertz CT molecular complexity index is 1570. The molecule has 1 unspecified atom stereocenters. The number of nitrogens with zero attached hydrogens (tertiary/aromatic N) is 2. The highest BCUT2D eigenvalue weighted by Crippen LogP contribution is 2.45. The molecule has 2 fully saturated rings. The number of hydrogen-bond donors (Lipinski definition) is 2. The molecule has 1 heterocycles. The van der Waals surface area contributed by atoms with Crippen molar-refractivity contribution in [3.05, 3.63) is 99.8 Å². The molecule has 1 amide bonds. The summed E-state index contributed by atoms with van der Waals surface area (Å²) < 4.78 is 50.2. The first-order valence-corrected chi connectivity index (χ1v) is 16.8. The number of amides is 1. The zero-order chi connectivity index (χ0) is 31.6. The summed E-state index contributed by atoms with van der Waals surface area (Å²) in [4.78, 5) is 16.0. The minimum absolute atomic E-state index is 0.0831. The van der Waals surface area contributed by atoms with Gasteiger partial charge in [0.2, 0.25) is 10.0 Å². The highest BCUT2D eigenvalue weighted by atomic mass is 35.5. The summed E-state index contributed by atoms with van der Waals surface area (Å²) >= 11 is 12.6. The van der Waals surface area contributed by atoms with Gasteiger partial charge in [0.15, 0.2) is 0 Å². The van der Waals surface area contributed by atoms with Crippen LogP contribution < -0.4 is 4.31 Å². The molecule has 3 aromatic rings. The summed E-state index contributed by atoms with van der Waals surface area (Å²) in [5.74, 6) is -1.17. The fraction of sp³-hybridized carbons (Fsp3) is 0.406. The third-order valence-corrected chi connectivity index (χ3v) is 10.9. The van der Waals surface area contributed by atoms with Crippen LogP contribution >= 0.6 is 23.2 Å². The minimum Gasteiger partial charge on any atom is -0.394 e. The normalized spacial score (nSPS) is 22.1. The lowest BCUT2D eigenvalue weighted by Gasteiger charge is -2.49. The van der Waals surface area contributed by atoms with Gasteiger partial charge in [0, 0.05) is 16.5 Å². The van der Waals surface area contributed by atoms with Gasteiger partial charge in [0.25, 0.3) is 5.91 Å². The fourth-order valence-corrected chi connectivity index (χ4v) is 7.95. The van der Waals surface area contributed by atoms with Crippen LogP contribution in [-0.2, 0) is 19.6 Å². The van der Waals surface area contributed by atoms with Crippen molar-refractivity contribution in [2.45, 2.75) is 68.3 Å². The topological polar surface area (TPSA) is 107 Å². The number of sulfonamides is 1. The van der Waals surface area contributed by atoms with Gasteiger partial charge in [-0.1, -0.05) is 66.5 Å². The number of rotatable bonds is 12. The van der Waals surface area contributed by atoms with E-state index >= 15 is 4.39 Å². The summed E-state index contributed by atoms with van der Waals surface area (Å²) in [6.45, 7) is 1.05. The van der Waals surface area contributed by atoms with Gasteiger partial charge >= 0.3 is 0 Å². The molecule has 2 N–H and O–H groups in total. The Labute approximate surface area is 267 Å². The number of hydrogen-bond acceptors (Lipinski definition) is 6. The van der Waals surface area contributed by atoms with Crippen molar-refractivity contribution in [3.8, 4) is 0 Å². The second-order valence-electron chi connectivity index (χ2n) is 11.2. The summed E-state index contributed by atoms with van der Waals surface area (Å²) in [5, 5.41) is 20.3. The van der Waals surface area contributed by atoms with Crippen LogP contribution in [0.3, 0.4) is 0 Å². The van der Waals surface area contributed by atoms with Gasteiger partial charge in [0.05, 0.1) is 42.3 Å². The highest BCUT2D eigenvalue weighted by molar-refractivity contribution is 7.93. The lowest BCUT2D eigenvalue weighted by molar-refractivity contribution is -0.183. The number of para-hydroxylation sites is 1. The first-order valence-electron chi connectivity index (χ1n) is 14.6. The van der Waals surface area contributed by atoms with Crippen LogP contribution in [0.1, 0.15) is 55.9 Å². The molecule has 8 nitrogen and oxygen atoms in total. The molecule has 1 aliphatic heterocycles. The fourth-order valence-electron chi connectivity index (χ4n) is 5.73.